The predicted octanol–water partition coefficient (Wildman–Crippen LogP) is 3.58. The molecule has 2 aromatic carbocycles. The third-order valence-electron chi connectivity index (χ3n) is 4.69. The second-order valence-corrected chi connectivity index (χ2v) is 7.35. The summed E-state index contributed by atoms with van der Waals surface area (Å²) in [7, 11) is 3.98. The normalized spacial score (nSPS) is 16.0. The largest absolute Gasteiger partial charge is 0.492 e. The van der Waals surface area contributed by atoms with Gasteiger partial charge in [0, 0.05) is 25.5 Å². The summed E-state index contributed by atoms with van der Waals surface area (Å²) in [5, 5.41) is 9.77. The van der Waals surface area contributed by atoms with E-state index in [9.17, 15) is 4.79 Å². The lowest BCUT2D eigenvalue weighted by atomic mass is 9.94. The standard InChI is InChI=1S/C22H26N4O2S/c1-5-28-18-9-7-6-8-17(18)24-21(27)19-14(2)23-22(29)25-20(19)15-10-12-16(13-11-15)26(3)4/h6-13,20H,5H2,1-4H3,(H,24,27)(H2,23,25,29)/t20-/m0/s1. The second kappa shape index (κ2) is 8.96. The molecule has 1 aliphatic heterocycles. The number of carbonyl (C=O) groups excluding carboxylic acids is 1. The quantitative estimate of drug-likeness (QED) is 0.633. The summed E-state index contributed by atoms with van der Waals surface area (Å²) in [6, 6.07) is 15.1. The molecule has 0 fully saturated rings. The summed E-state index contributed by atoms with van der Waals surface area (Å²) in [6.45, 7) is 4.29. The van der Waals surface area contributed by atoms with Gasteiger partial charge in [0.1, 0.15) is 5.75 Å². The number of nitrogens with one attached hydrogen (secondary N) is 3. The Labute approximate surface area is 176 Å². The topological polar surface area (TPSA) is 65.6 Å². The highest BCUT2D eigenvalue weighted by atomic mass is 32.1. The van der Waals surface area contributed by atoms with Crippen molar-refractivity contribution in [2.45, 2.75) is 19.9 Å². The van der Waals surface area contributed by atoms with Gasteiger partial charge in [0.05, 0.1) is 23.9 Å². The van der Waals surface area contributed by atoms with Crippen LogP contribution >= 0.6 is 12.2 Å². The molecule has 0 aromatic heterocycles. The lowest BCUT2D eigenvalue weighted by Gasteiger charge is -2.30. The molecule has 6 nitrogen and oxygen atoms in total. The van der Waals surface area contributed by atoms with Crippen LogP contribution in [0.1, 0.15) is 25.5 Å². The summed E-state index contributed by atoms with van der Waals surface area (Å²) < 4.78 is 5.63. The molecule has 1 amide bonds. The van der Waals surface area contributed by atoms with Crippen LogP contribution in [-0.4, -0.2) is 31.7 Å². The Kier molecular flexibility index (Phi) is 6.39. The number of thiocarbonyl (C=S) groups is 1. The molecule has 1 aliphatic rings. The lowest BCUT2D eigenvalue weighted by Crippen LogP contribution is -2.45. The first-order valence-corrected chi connectivity index (χ1v) is 9.90. The number of hydrogen-bond donors (Lipinski definition) is 3. The van der Waals surface area contributed by atoms with E-state index in [4.69, 9.17) is 17.0 Å². The van der Waals surface area contributed by atoms with Crippen LogP contribution in [0.4, 0.5) is 11.4 Å². The first-order valence-electron chi connectivity index (χ1n) is 9.49. The first kappa shape index (κ1) is 20.7. The fourth-order valence-electron chi connectivity index (χ4n) is 3.25. The van der Waals surface area contributed by atoms with Crippen molar-refractivity contribution < 1.29 is 9.53 Å². The summed E-state index contributed by atoms with van der Waals surface area (Å²) in [5.41, 5.74) is 3.99. The first-order chi connectivity index (χ1) is 13.9. The van der Waals surface area contributed by atoms with Gasteiger partial charge in [-0.05, 0) is 55.9 Å². The van der Waals surface area contributed by atoms with Crippen LogP contribution in [0.25, 0.3) is 0 Å². The molecular weight excluding hydrogens is 384 g/mol. The van der Waals surface area contributed by atoms with Gasteiger partial charge in [-0.25, -0.2) is 0 Å². The average Bonchev–Trinajstić information content (AvgIpc) is 2.69. The maximum absolute atomic E-state index is 13.2. The molecule has 0 unspecified atom stereocenters. The Morgan fingerprint density at radius 2 is 1.86 bits per heavy atom. The number of anilines is 2. The van der Waals surface area contributed by atoms with E-state index in [2.05, 4.69) is 16.0 Å². The minimum atomic E-state index is -0.348. The fraction of sp³-hybridized carbons (Fsp3) is 0.273. The fourth-order valence-corrected chi connectivity index (χ4v) is 3.52. The van der Waals surface area contributed by atoms with Crippen LogP contribution in [0.5, 0.6) is 5.75 Å². The number of amides is 1. The number of para-hydroxylation sites is 2. The maximum Gasteiger partial charge on any atom is 0.255 e. The van der Waals surface area contributed by atoms with E-state index in [-0.39, 0.29) is 11.9 Å². The van der Waals surface area contributed by atoms with Crippen LogP contribution < -0.4 is 25.6 Å². The van der Waals surface area contributed by atoms with Crippen molar-refractivity contribution in [3.8, 4) is 5.75 Å². The number of allylic oxidation sites excluding steroid dienone is 1. The summed E-state index contributed by atoms with van der Waals surface area (Å²) in [6.07, 6.45) is 0. The zero-order chi connectivity index (χ0) is 21.0. The Bertz CT molecular complexity index is 938. The van der Waals surface area contributed by atoms with Crippen molar-refractivity contribution >= 4 is 34.6 Å². The number of hydrogen-bond acceptors (Lipinski definition) is 4. The zero-order valence-corrected chi connectivity index (χ0v) is 17.9. The monoisotopic (exact) mass is 410 g/mol. The van der Waals surface area contributed by atoms with Crippen molar-refractivity contribution in [1.82, 2.24) is 10.6 Å². The van der Waals surface area contributed by atoms with Crippen molar-refractivity contribution in [3.05, 3.63) is 65.4 Å². The van der Waals surface area contributed by atoms with Crippen molar-refractivity contribution in [2.75, 3.05) is 30.9 Å². The summed E-state index contributed by atoms with van der Waals surface area (Å²) >= 11 is 5.34. The third-order valence-corrected chi connectivity index (χ3v) is 4.91. The predicted molar refractivity (Wildman–Crippen MR) is 121 cm³/mol. The van der Waals surface area contributed by atoms with Gasteiger partial charge in [0.2, 0.25) is 0 Å². The van der Waals surface area contributed by atoms with Gasteiger partial charge in [-0.1, -0.05) is 24.3 Å². The highest BCUT2D eigenvalue weighted by molar-refractivity contribution is 7.80. The maximum atomic E-state index is 13.2. The minimum absolute atomic E-state index is 0.209. The molecule has 3 N–H and O–H groups in total. The molecule has 0 radical (unpaired) electrons. The van der Waals surface area contributed by atoms with E-state index >= 15 is 0 Å². The van der Waals surface area contributed by atoms with Crippen molar-refractivity contribution in [2.24, 2.45) is 0 Å². The highest BCUT2D eigenvalue weighted by Crippen LogP contribution is 2.30. The smallest absolute Gasteiger partial charge is 0.255 e. The molecule has 0 spiro atoms. The average molecular weight is 411 g/mol. The van der Waals surface area contributed by atoms with Gasteiger partial charge in [0.15, 0.2) is 5.11 Å². The third kappa shape index (κ3) is 4.68. The molecule has 1 atom stereocenters. The number of benzene rings is 2. The Hall–Kier alpha value is -3.06. The number of nitrogens with zero attached hydrogens (tertiary/aromatic N) is 1. The van der Waals surface area contributed by atoms with Crippen molar-refractivity contribution in [3.63, 3.8) is 0 Å². The second-order valence-electron chi connectivity index (χ2n) is 6.94. The Balaban J connectivity index is 1.92. The van der Waals surface area contributed by atoms with Crippen molar-refractivity contribution in [1.29, 1.82) is 0 Å². The molecule has 0 bridgehead atoms. The molecule has 0 aliphatic carbocycles. The van der Waals surface area contributed by atoms with E-state index in [0.29, 0.717) is 28.7 Å². The van der Waals surface area contributed by atoms with Crippen LogP contribution in [-0.2, 0) is 4.79 Å². The van der Waals surface area contributed by atoms with Gasteiger partial charge >= 0.3 is 0 Å². The van der Waals surface area contributed by atoms with Gasteiger partial charge in [-0.15, -0.1) is 0 Å². The zero-order valence-electron chi connectivity index (χ0n) is 17.1. The molecule has 3 rings (SSSR count). The summed E-state index contributed by atoms with van der Waals surface area (Å²) in [4.78, 5) is 15.3. The molecular formula is C22H26N4O2S. The van der Waals surface area contributed by atoms with E-state index in [1.807, 2.05) is 81.4 Å². The van der Waals surface area contributed by atoms with E-state index < -0.39 is 0 Å². The van der Waals surface area contributed by atoms with Crippen LogP contribution in [0.2, 0.25) is 0 Å². The SMILES string of the molecule is CCOc1ccccc1NC(=O)C1=C(C)NC(=S)N[C@H]1c1ccc(N(C)C)cc1. The molecule has 29 heavy (non-hydrogen) atoms. The van der Waals surface area contributed by atoms with Crippen LogP contribution in [0.15, 0.2) is 59.8 Å². The molecule has 152 valence electrons. The van der Waals surface area contributed by atoms with Crippen LogP contribution in [0.3, 0.4) is 0 Å². The molecule has 1 heterocycles. The van der Waals surface area contributed by atoms with Gasteiger partial charge in [0.25, 0.3) is 5.91 Å². The van der Waals surface area contributed by atoms with Gasteiger partial charge in [-0.2, -0.15) is 0 Å². The molecule has 2 aromatic rings. The highest BCUT2D eigenvalue weighted by Gasteiger charge is 2.30. The van der Waals surface area contributed by atoms with E-state index in [1.165, 1.54) is 0 Å². The van der Waals surface area contributed by atoms with E-state index in [1.54, 1.807) is 0 Å². The lowest BCUT2D eigenvalue weighted by molar-refractivity contribution is -0.113. The van der Waals surface area contributed by atoms with Gasteiger partial charge < -0.3 is 25.6 Å². The Morgan fingerprint density at radius 1 is 1.17 bits per heavy atom. The number of rotatable bonds is 6. The Morgan fingerprint density at radius 3 is 2.52 bits per heavy atom. The van der Waals surface area contributed by atoms with E-state index in [0.717, 1.165) is 16.9 Å². The molecule has 0 saturated heterocycles. The summed E-state index contributed by atoms with van der Waals surface area (Å²) in [5.74, 6) is 0.430. The van der Waals surface area contributed by atoms with Crippen LogP contribution in [0, 0.1) is 0 Å². The molecule has 7 heteroatoms. The minimum Gasteiger partial charge on any atom is -0.492 e. The number of carbonyl (C=O) groups is 1. The number of ether oxygens (including phenoxy) is 1. The molecule has 0 saturated carbocycles. The van der Waals surface area contributed by atoms with Gasteiger partial charge in [-0.3, -0.25) is 4.79 Å².